The molecule has 1 fully saturated rings. The Morgan fingerprint density at radius 2 is 2.23 bits per heavy atom. The van der Waals surface area contributed by atoms with Crippen LogP contribution in [0.15, 0.2) is 41.4 Å². The van der Waals surface area contributed by atoms with Crippen molar-refractivity contribution in [1.29, 1.82) is 5.26 Å². The van der Waals surface area contributed by atoms with E-state index in [1.54, 1.807) is 17.7 Å². The Labute approximate surface area is 157 Å². The van der Waals surface area contributed by atoms with Crippen LogP contribution in [0.2, 0.25) is 0 Å². The zero-order valence-electron chi connectivity index (χ0n) is 14.5. The van der Waals surface area contributed by atoms with Crippen LogP contribution >= 0.6 is 11.3 Å². The molecule has 134 valence electrons. The molecule has 2 aromatic rings. The summed E-state index contributed by atoms with van der Waals surface area (Å²) in [7, 11) is 0. The first-order valence-electron chi connectivity index (χ1n) is 8.80. The Hall–Kier alpha value is -2.65. The fourth-order valence-electron chi connectivity index (χ4n) is 3.03. The van der Waals surface area contributed by atoms with Crippen LogP contribution in [-0.2, 0) is 4.79 Å². The van der Waals surface area contributed by atoms with Gasteiger partial charge < -0.3 is 4.74 Å². The minimum atomic E-state index is -0.462. The molecule has 0 bridgehead atoms. The van der Waals surface area contributed by atoms with E-state index in [2.05, 4.69) is 10.3 Å². The number of aromatic nitrogens is 1. The van der Waals surface area contributed by atoms with Crippen LogP contribution in [0.3, 0.4) is 0 Å². The number of hydrogen-bond donors (Lipinski definition) is 1. The molecule has 26 heavy (non-hydrogen) atoms. The van der Waals surface area contributed by atoms with Gasteiger partial charge in [0.2, 0.25) is 0 Å². The van der Waals surface area contributed by atoms with Gasteiger partial charge in [-0.15, -0.1) is 11.3 Å². The van der Waals surface area contributed by atoms with Crippen LogP contribution in [0.4, 0.5) is 5.13 Å². The molecule has 1 saturated carbocycles. The van der Waals surface area contributed by atoms with Gasteiger partial charge in [-0.05, 0) is 42.5 Å². The van der Waals surface area contributed by atoms with E-state index in [0.717, 1.165) is 17.9 Å². The molecular weight excluding hydrogens is 346 g/mol. The van der Waals surface area contributed by atoms with Crippen molar-refractivity contribution >= 4 is 28.5 Å². The first-order chi connectivity index (χ1) is 12.7. The van der Waals surface area contributed by atoms with E-state index < -0.39 is 5.91 Å². The van der Waals surface area contributed by atoms with Crippen molar-refractivity contribution in [3.8, 4) is 11.8 Å². The second-order valence-corrected chi connectivity index (χ2v) is 7.24. The normalized spacial score (nSPS) is 15.3. The van der Waals surface area contributed by atoms with Crippen LogP contribution in [0.25, 0.3) is 6.08 Å². The van der Waals surface area contributed by atoms with Gasteiger partial charge in [-0.2, -0.15) is 5.26 Å². The number of benzene rings is 1. The van der Waals surface area contributed by atoms with Gasteiger partial charge in [0, 0.05) is 11.6 Å². The summed E-state index contributed by atoms with van der Waals surface area (Å²) in [6.45, 7) is 0.725. The van der Waals surface area contributed by atoms with Crippen molar-refractivity contribution in [2.75, 3.05) is 11.9 Å². The predicted octanol–water partition coefficient (Wildman–Crippen LogP) is 4.65. The third-order valence-corrected chi connectivity index (χ3v) is 5.09. The van der Waals surface area contributed by atoms with Gasteiger partial charge in [0.25, 0.3) is 5.91 Å². The maximum Gasteiger partial charge on any atom is 0.268 e. The average molecular weight is 367 g/mol. The predicted molar refractivity (Wildman–Crippen MR) is 103 cm³/mol. The van der Waals surface area contributed by atoms with Crippen LogP contribution in [0, 0.1) is 17.2 Å². The highest BCUT2D eigenvalue weighted by atomic mass is 32.1. The molecule has 0 aliphatic heterocycles. The van der Waals surface area contributed by atoms with E-state index in [-0.39, 0.29) is 5.57 Å². The lowest BCUT2D eigenvalue weighted by molar-refractivity contribution is -0.112. The number of nitrogens with zero attached hydrogens (tertiary/aromatic N) is 2. The van der Waals surface area contributed by atoms with Gasteiger partial charge in [-0.3, -0.25) is 10.1 Å². The van der Waals surface area contributed by atoms with E-state index >= 15 is 0 Å². The van der Waals surface area contributed by atoms with E-state index in [0.29, 0.717) is 11.0 Å². The van der Waals surface area contributed by atoms with Crippen molar-refractivity contribution in [3.63, 3.8) is 0 Å². The van der Waals surface area contributed by atoms with Crippen molar-refractivity contribution in [3.05, 3.63) is 47.0 Å². The van der Waals surface area contributed by atoms with Crippen molar-refractivity contribution in [1.82, 2.24) is 4.98 Å². The molecule has 0 unspecified atom stereocenters. The highest BCUT2D eigenvalue weighted by molar-refractivity contribution is 7.13. The van der Waals surface area contributed by atoms with E-state index in [4.69, 9.17) is 4.74 Å². The number of ether oxygens (including phenoxy) is 1. The molecule has 0 spiro atoms. The smallest absolute Gasteiger partial charge is 0.268 e. The molecule has 1 aliphatic rings. The van der Waals surface area contributed by atoms with Crippen LogP contribution < -0.4 is 10.1 Å². The molecule has 1 N–H and O–H groups in total. The third-order valence-electron chi connectivity index (χ3n) is 4.40. The molecule has 0 atom stereocenters. The highest BCUT2D eigenvalue weighted by Gasteiger charge is 2.14. The number of nitriles is 1. The zero-order chi connectivity index (χ0) is 18.2. The maximum atomic E-state index is 12.2. The number of thiazole rings is 1. The molecule has 0 radical (unpaired) electrons. The molecular formula is C20H21N3O2S. The van der Waals surface area contributed by atoms with Crippen LogP contribution in [-0.4, -0.2) is 17.5 Å². The molecule has 1 aliphatic carbocycles. The van der Waals surface area contributed by atoms with Crippen LogP contribution in [0.1, 0.15) is 37.7 Å². The highest BCUT2D eigenvalue weighted by Crippen LogP contribution is 2.25. The largest absolute Gasteiger partial charge is 0.493 e. The van der Waals surface area contributed by atoms with Crippen molar-refractivity contribution in [2.45, 2.75) is 32.1 Å². The average Bonchev–Trinajstić information content (AvgIpc) is 3.18. The molecule has 1 heterocycles. The fraction of sp³-hybridized carbons (Fsp3) is 0.350. The molecule has 1 aromatic carbocycles. The number of hydrogen-bond acceptors (Lipinski definition) is 5. The topological polar surface area (TPSA) is 75.0 Å². The number of carbonyl (C=O) groups is 1. The molecule has 6 heteroatoms. The summed E-state index contributed by atoms with van der Waals surface area (Å²) in [6.07, 6.45) is 9.54. The standard InChI is InChI=1S/C20H21N3O2S/c21-13-17(19(24)23-20-22-9-10-26-20)11-16-7-4-8-18(12-16)25-14-15-5-2-1-3-6-15/h4,7-12,15H,1-3,5-6,14H2,(H,22,23,24). The molecule has 0 saturated heterocycles. The minimum absolute atomic E-state index is 0.0321. The summed E-state index contributed by atoms with van der Waals surface area (Å²) < 4.78 is 5.93. The summed E-state index contributed by atoms with van der Waals surface area (Å²) in [5.41, 5.74) is 0.793. The Morgan fingerprint density at radius 1 is 1.38 bits per heavy atom. The Morgan fingerprint density at radius 3 is 2.96 bits per heavy atom. The van der Waals surface area contributed by atoms with Gasteiger partial charge in [-0.1, -0.05) is 31.4 Å². The molecule has 5 nitrogen and oxygen atoms in total. The second kappa shape index (κ2) is 9.16. The van der Waals surface area contributed by atoms with Crippen molar-refractivity contribution < 1.29 is 9.53 Å². The lowest BCUT2D eigenvalue weighted by Crippen LogP contribution is -2.15. The summed E-state index contributed by atoms with van der Waals surface area (Å²) in [4.78, 5) is 16.2. The van der Waals surface area contributed by atoms with E-state index in [1.807, 2.05) is 30.3 Å². The van der Waals surface area contributed by atoms with Gasteiger partial charge in [0.15, 0.2) is 5.13 Å². The number of rotatable bonds is 6. The van der Waals surface area contributed by atoms with Gasteiger partial charge in [0.1, 0.15) is 17.4 Å². The first kappa shape index (κ1) is 18.2. The fourth-order valence-corrected chi connectivity index (χ4v) is 3.55. The Kier molecular flexibility index (Phi) is 6.39. The summed E-state index contributed by atoms with van der Waals surface area (Å²) >= 11 is 1.31. The van der Waals surface area contributed by atoms with Crippen LogP contribution in [0.5, 0.6) is 5.75 Å². The van der Waals surface area contributed by atoms with Gasteiger partial charge in [0.05, 0.1) is 6.61 Å². The number of nitrogens with one attached hydrogen (secondary N) is 1. The quantitative estimate of drug-likeness (QED) is 0.596. The number of anilines is 1. The van der Waals surface area contributed by atoms with E-state index in [1.165, 1.54) is 43.4 Å². The van der Waals surface area contributed by atoms with Gasteiger partial charge >= 0.3 is 0 Å². The maximum absolute atomic E-state index is 12.2. The lowest BCUT2D eigenvalue weighted by Gasteiger charge is -2.21. The Bertz CT molecular complexity index is 803. The number of carbonyl (C=O) groups excluding carboxylic acids is 1. The third kappa shape index (κ3) is 5.17. The van der Waals surface area contributed by atoms with Crippen molar-refractivity contribution in [2.24, 2.45) is 5.92 Å². The SMILES string of the molecule is N#CC(=Cc1cccc(OCC2CCCCC2)c1)C(=O)Nc1nccs1. The summed E-state index contributed by atoms with van der Waals surface area (Å²) in [5.74, 6) is 0.930. The first-order valence-corrected chi connectivity index (χ1v) is 9.68. The van der Waals surface area contributed by atoms with E-state index in [9.17, 15) is 10.1 Å². The molecule has 1 aromatic heterocycles. The Balaban J connectivity index is 1.64. The molecule has 1 amide bonds. The van der Waals surface area contributed by atoms with Gasteiger partial charge in [-0.25, -0.2) is 4.98 Å². The monoisotopic (exact) mass is 367 g/mol. The summed E-state index contributed by atoms with van der Waals surface area (Å²) in [5, 5.41) is 14.2. The summed E-state index contributed by atoms with van der Waals surface area (Å²) in [6, 6.07) is 9.43. The number of amides is 1. The molecule has 3 rings (SSSR count). The minimum Gasteiger partial charge on any atom is -0.493 e. The lowest BCUT2D eigenvalue weighted by atomic mass is 9.90. The zero-order valence-corrected chi connectivity index (χ0v) is 15.3. The second-order valence-electron chi connectivity index (χ2n) is 6.35.